The fourth-order valence-corrected chi connectivity index (χ4v) is 1.31. The van der Waals surface area contributed by atoms with Crippen molar-refractivity contribution in [2.75, 3.05) is 13.7 Å². The van der Waals surface area contributed by atoms with Crippen LogP contribution in [-0.4, -0.2) is 26.2 Å². The Morgan fingerprint density at radius 1 is 1.07 bits per heavy atom. The first-order chi connectivity index (χ1) is 7.31. The number of hydrogen-bond donors (Lipinski definition) is 0. The van der Waals surface area contributed by atoms with Gasteiger partial charge in [0.25, 0.3) is 6.47 Å². The van der Waals surface area contributed by atoms with E-state index < -0.39 is 0 Å². The SMILES string of the molecule is COC(=O)CCCCCCCCOC=O. The van der Waals surface area contributed by atoms with Crippen molar-refractivity contribution in [3.8, 4) is 0 Å². The van der Waals surface area contributed by atoms with Crippen molar-refractivity contribution in [3.05, 3.63) is 0 Å². The first-order valence-corrected chi connectivity index (χ1v) is 5.43. The molecule has 0 aliphatic heterocycles. The molecule has 0 radical (unpaired) electrons. The van der Waals surface area contributed by atoms with E-state index in [9.17, 15) is 9.59 Å². The van der Waals surface area contributed by atoms with Crippen LogP contribution in [0.5, 0.6) is 0 Å². The van der Waals surface area contributed by atoms with Crippen LogP contribution in [0.2, 0.25) is 0 Å². The van der Waals surface area contributed by atoms with Crippen LogP contribution in [-0.2, 0) is 19.1 Å². The minimum absolute atomic E-state index is 0.130. The van der Waals surface area contributed by atoms with E-state index >= 15 is 0 Å². The Bertz CT molecular complexity index is 168. The lowest BCUT2D eigenvalue weighted by atomic mass is 10.1. The van der Waals surface area contributed by atoms with Crippen molar-refractivity contribution in [1.29, 1.82) is 0 Å². The van der Waals surface area contributed by atoms with Crippen LogP contribution in [0.1, 0.15) is 44.9 Å². The summed E-state index contributed by atoms with van der Waals surface area (Å²) in [6, 6.07) is 0. The Labute approximate surface area is 90.9 Å². The maximum Gasteiger partial charge on any atom is 0.305 e. The van der Waals surface area contributed by atoms with Crippen LogP contribution in [0.25, 0.3) is 0 Å². The van der Waals surface area contributed by atoms with Crippen molar-refractivity contribution < 1.29 is 19.1 Å². The molecule has 0 aromatic rings. The monoisotopic (exact) mass is 216 g/mol. The molecule has 0 spiro atoms. The third-order valence-corrected chi connectivity index (χ3v) is 2.19. The number of methoxy groups -OCH3 is 1. The van der Waals surface area contributed by atoms with E-state index in [0.29, 0.717) is 19.5 Å². The second-order valence-electron chi connectivity index (χ2n) is 3.41. The molecule has 0 amide bonds. The second kappa shape index (κ2) is 11.0. The van der Waals surface area contributed by atoms with Crippen molar-refractivity contribution in [2.45, 2.75) is 44.9 Å². The number of hydrogen-bond acceptors (Lipinski definition) is 4. The predicted octanol–water partition coefficient (Wildman–Crippen LogP) is 2.06. The molecule has 0 N–H and O–H groups in total. The molecule has 0 unspecified atom stereocenters. The summed E-state index contributed by atoms with van der Waals surface area (Å²) in [4.78, 5) is 20.6. The molecule has 0 rings (SSSR count). The van der Waals surface area contributed by atoms with Gasteiger partial charge in [-0.25, -0.2) is 0 Å². The fourth-order valence-electron chi connectivity index (χ4n) is 1.31. The Kier molecular flexibility index (Phi) is 10.2. The van der Waals surface area contributed by atoms with Gasteiger partial charge >= 0.3 is 5.97 Å². The Balaban J connectivity index is 2.98. The molecule has 0 aromatic carbocycles. The molecule has 15 heavy (non-hydrogen) atoms. The largest absolute Gasteiger partial charge is 0.469 e. The van der Waals surface area contributed by atoms with Gasteiger partial charge in [-0.3, -0.25) is 9.59 Å². The van der Waals surface area contributed by atoms with Crippen LogP contribution in [0, 0.1) is 0 Å². The molecule has 0 atom stereocenters. The smallest absolute Gasteiger partial charge is 0.305 e. The minimum Gasteiger partial charge on any atom is -0.469 e. The highest BCUT2D eigenvalue weighted by Gasteiger charge is 1.98. The number of ether oxygens (including phenoxy) is 2. The lowest BCUT2D eigenvalue weighted by Crippen LogP contribution is -1.99. The molecular weight excluding hydrogens is 196 g/mol. The topological polar surface area (TPSA) is 52.6 Å². The molecule has 0 saturated carbocycles. The second-order valence-corrected chi connectivity index (χ2v) is 3.41. The summed E-state index contributed by atoms with van der Waals surface area (Å²) >= 11 is 0. The van der Waals surface area contributed by atoms with E-state index in [1.54, 1.807) is 0 Å². The summed E-state index contributed by atoms with van der Waals surface area (Å²) in [5.74, 6) is -0.130. The van der Waals surface area contributed by atoms with Crippen molar-refractivity contribution >= 4 is 12.4 Å². The molecule has 0 fully saturated rings. The maximum atomic E-state index is 10.7. The summed E-state index contributed by atoms with van der Waals surface area (Å²) in [6.45, 7) is 1.00. The van der Waals surface area contributed by atoms with Gasteiger partial charge in [0.05, 0.1) is 13.7 Å². The first-order valence-electron chi connectivity index (χ1n) is 5.43. The molecule has 0 bridgehead atoms. The van der Waals surface area contributed by atoms with Crippen molar-refractivity contribution in [1.82, 2.24) is 0 Å². The lowest BCUT2D eigenvalue weighted by molar-refractivity contribution is -0.140. The highest BCUT2D eigenvalue weighted by atomic mass is 16.5. The zero-order valence-corrected chi connectivity index (χ0v) is 9.37. The zero-order valence-electron chi connectivity index (χ0n) is 9.37. The van der Waals surface area contributed by atoms with E-state index in [1.807, 2.05) is 0 Å². The Morgan fingerprint density at radius 2 is 1.67 bits per heavy atom. The number of carbonyl (C=O) groups excluding carboxylic acids is 2. The summed E-state index contributed by atoms with van der Waals surface area (Å²) in [6.07, 6.45) is 6.73. The third kappa shape index (κ3) is 10.9. The van der Waals surface area contributed by atoms with E-state index in [1.165, 1.54) is 7.11 Å². The van der Waals surface area contributed by atoms with Gasteiger partial charge in [-0.2, -0.15) is 0 Å². The van der Waals surface area contributed by atoms with Gasteiger partial charge in [-0.1, -0.05) is 25.7 Å². The average Bonchev–Trinajstić information content (AvgIpc) is 2.26. The van der Waals surface area contributed by atoms with Gasteiger partial charge in [0.1, 0.15) is 0 Å². The maximum absolute atomic E-state index is 10.7. The van der Waals surface area contributed by atoms with Gasteiger partial charge in [-0.15, -0.1) is 0 Å². The number of rotatable bonds is 10. The lowest BCUT2D eigenvalue weighted by Gasteiger charge is -2.01. The van der Waals surface area contributed by atoms with Gasteiger partial charge in [-0.05, 0) is 12.8 Å². The van der Waals surface area contributed by atoms with Crippen molar-refractivity contribution in [2.24, 2.45) is 0 Å². The van der Waals surface area contributed by atoms with E-state index in [4.69, 9.17) is 0 Å². The normalized spacial score (nSPS) is 9.67. The van der Waals surface area contributed by atoms with Crippen LogP contribution in [0.3, 0.4) is 0 Å². The molecule has 0 aromatic heterocycles. The molecule has 88 valence electrons. The fraction of sp³-hybridized carbons (Fsp3) is 0.818. The Morgan fingerprint density at radius 3 is 2.27 bits per heavy atom. The predicted molar refractivity (Wildman–Crippen MR) is 56.4 cm³/mol. The van der Waals surface area contributed by atoms with E-state index in [-0.39, 0.29) is 5.97 Å². The standard InChI is InChI=1S/C11H20O4/c1-14-11(13)8-6-4-2-3-5-7-9-15-10-12/h10H,2-9H2,1H3. The van der Waals surface area contributed by atoms with Crippen molar-refractivity contribution in [3.63, 3.8) is 0 Å². The van der Waals surface area contributed by atoms with Gasteiger partial charge in [0.2, 0.25) is 0 Å². The van der Waals surface area contributed by atoms with Gasteiger partial charge < -0.3 is 9.47 Å². The van der Waals surface area contributed by atoms with Gasteiger partial charge in [0.15, 0.2) is 0 Å². The molecule has 0 heterocycles. The highest BCUT2D eigenvalue weighted by Crippen LogP contribution is 2.07. The van der Waals surface area contributed by atoms with E-state index in [0.717, 1.165) is 38.5 Å². The third-order valence-electron chi connectivity index (χ3n) is 2.19. The van der Waals surface area contributed by atoms with Crippen LogP contribution < -0.4 is 0 Å². The molecule has 4 nitrogen and oxygen atoms in total. The molecule has 0 saturated heterocycles. The summed E-state index contributed by atoms with van der Waals surface area (Å²) in [5, 5.41) is 0. The zero-order chi connectivity index (χ0) is 11.4. The summed E-state index contributed by atoms with van der Waals surface area (Å²) in [5.41, 5.74) is 0. The summed E-state index contributed by atoms with van der Waals surface area (Å²) in [7, 11) is 1.41. The van der Waals surface area contributed by atoms with Crippen LogP contribution >= 0.6 is 0 Å². The highest BCUT2D eigenvalue weighted by molar-refractivity contribution is 5.68. The number of esters is 1. The number of carbonyl (C=O) groups is 2. The van der Waals surface area contributed by atoms with Gasteiger partial charge in [0, 0.05) is 6.42 Å². The molecular formula is C11H20O4. The molecule has 4 heteroatoms. The molecule has 0 aliphatic carbocycles. The Hall–Kier alpha value is -1.06. The summed E-state index contributed by atoms with van der Waals surface area (Å²) < 4.78 is 9.10. The average molecular weight is 216 g/mol. The van der Waals surface area contributed by atoms with E-state index in [2.05, 4.69) is 9.47 Å². The minimum atomic E-state index is -0.130. The molecule has 0 aliphatic rings. The first kappa shape index (κ1) is 13.9. The van der Waals surface area contributed by atoms with Crippen LogP contribution in [0.15, 0.2) is 0 Å². The number of unbranched alkanes of at least 4 members (excludes halogenated alkanes) is 5. The quantitative estimate of drug-likeness (QED) is 0.318. The van der Waals surface area contributed by atoms with Crippen LogP contribution in [0.4, 0.5) is 0 Å².